The largest absolute Gasteiger partial charge is 0.492 e. The number of para-hydroxylation sites is 1. The first-order valence-electron chi connectivity index (χ1n) is 10.3. The summed E-state index contributed by atoms with van der Waals surface area (Å²) in [6.07, 6.45) is 2.20. The molecule has 0 radical (unpaired) electrons. The van der Waals surface area contributed by atoms with Crippen LogP contribution in [0.15, 0.2) is 29.3 Å². The zero-order valence-corrected chi connectivity index (χ0v) is 17.2. The molecule has 7 heteroatoms. The maximum absolute atomic E-state index is 6.06. The number of rotatable bonds is 8. The Kier molecular flexibility index (Phi) is 7.94. The van der Waals surface area contributed by atoms with Gasteiger partial charge in [0.15, 0.2) is 5.96 Å². The van der Waals surface area contributed by atoms with E-state index < -0.39 is 0 Å². The third kappa shape index (κ3) is 6.36. The van der Waals surface area contributed by atoms with Crippen LogP contribution >= 0.6 is 0 Å². The predicted octanol–water partition coefficient (Wildman–Crippen LogP) is 1.63. The Morgan fingerprint density at radius 3 is 2.79 bits per heavy atom. The SMILES string of the molecule is CN=C(NCc1ccccc1OCCN1CCOCC1)NCC1(C)CCCO1. The van der Waals surface area contributed by atoms with Crippen LogP contribution < -0.4 is 15.4 Å². The van der Waals surface area contributed by atoms with Gasteiger partial charge in [-0.15, -0.1) is 0 Å². The van der Waals surface area contributed by atoms with Gasteiger partial charge in [0.1, 0.15) is 12.4 Å². The monoisotopic (exact) mass is 390 g/mol. The van der Waals surface area contributed by atoms with E-state index in [2.05, 4.69) is 33.5 Å². The van der Waals surface area contributed by atoms with Gasteiger partial charge in [0.05, 0.1) is 18.8 Å². The fraction of sp³-hybridized carbons (Fsp3) is 0.667. The number of aliphatic imine (C=N–C) groups is 1. The van der Waals surface area contributed by atoms with E-state index in [1.807, 2.05) is 18.2 Å². The van der Waals surface area contributed by atoms with E-state index in [0.29, 0.717) is 13.2 Å². The minimum atomic E-state index is -0.0991. The number of hydrogen-bond acceptors (Lipinski definition) is 5. The van der Waals surface area contributed by atoms with Gasteiger partial charge in [-0.1, -0.05) is 18.2 Å². The maximum Gasteiger partial charge on any atom is 0.191 e. The van der Waals surface area contributed by atoms with Gasteiger partial charge in [-0.2, -0.15) is 0 Å². The molecule has 2 N–H and O–H groups in total. The van der Waals surface area contributed by atoms with Crippen LogP contribution in [0.4, 0.5) is 0 Å². The van der Waals surface area contributed by atoms with Crippen molar-refractivity contribution >= 4 is 5.96 Å². The van der Waals surface area contributed by atoms with Crippen LogP contribution in [0.5, 0.6) is 5.75 Å². The van der Waals surface area contributed by atoms with E-state index >= 15 is 0 Å². The van der Waals surface area contributed by atoms with Crippen molar-refractivity contribution in [1.29, 1.82) is 0 Å². The summed E-state index contributed by atoms with van der Waals surface area (Å²) < 4.78 is 17.3. The number of hydrogen-bond donors (Lipinski definition) is 2. The molecule has 3 rings (SSSR count). The molecule has 0 saturated carbocycles. The van der Waals surface area contributed by atoms with Gasteiger partial charge >= 0.3 is 0 Å². The lowest BCUT2D eigenvalue weighted by Gasteiger charge is -2.26. The van der Waals surface area contributed by atoms with Crippen molar-refractivity contribution in [3.8, 4) is 5.75 Å². The minimum absolute atomic E-state index is 0.0991. The average molecular weight is 391 g/mol. The second-order valence-corrected chi connectivity index (χ2v) is 7.59. The lowest BCUT2D eigenvalue weighted by molar-refractivity contribution is 0.0242. The summed E-state index contributed by atoms with van der Waals surface area (Å²) in [5.74, 6) is 1.70. The van der Waals surface area contributed by atoms with Crippen LogP contribution in [0.3, 0.4) is 0 Å². The van der Waals surface area contributed by atoms with Gasteiger partial charge in [0.25, 0.3) is 0 Å². The van der Waals surface area contributed by atoms with E-state index in [1.54, 1.807) is 7.05 Å². The summed E-state index contributed by atoms with van der Waals surface area (Å²) in [5, 5.41) is 6.77. The molecule has 156 valence electrons. The summed E-state index contributed by atoms with van der Waals surface area (Å²) in [7, 11) is 1.79. The Morgan fingerprint density at radius 1 is 1.21 bits per heavy atom. The molecule has 28 heavy (non-hydrogen) atoms. The standard InChI is InChI=1S/C21H34N4O3/c1-21(8-5-12-28-21)17-24-20(22-2)23-16-18-6-3-4-7-19(18)27-15-11-25-9-13-26-14-10-25/h3-4,6-7H,5,8-17H2,1-2H3,(H2,22,23,24). The molecule has 2 aliphatic rings. The van der Waals surface area contributed by atoms with E-state index in [-0.39, 0.29) is 5.60 Å². The van der Waals surface area contributed by atoms with E-state index in [1.165, 1.54) is 0 Å². The lowest BCUT2D eigenvalue weighted by atomic mass is 10.0. The topological polar surface area (TPSA) is 67.4 Å². The molecule has 0 bridgehead atoms. The van der Waals surface area contributed by atoms with E-state index in [0.717, 1.165) is 76.1 Å². The molecule has 0 spiro atoms. The van der Waals surface area contributed by atoms with Gasteiger partial charge in [0, 0.05) is 51.9 Å². The van der Waals surface area contributed by atoms with Crippen LogP contribution in [0.25, 0.3) is 0 Å². The first kappa shape index (κ1) is 20.9. The predicted molar refractivity (Wildman–Crippen MR) is 111 cm³/mol. The van der Waals surface area contributed by atoms with Crippen LogP contribution in [0.2, 0.25) is 0 Å². The first-order valence-corrected chi connectivity index (χ1v) is 10.3. The molecular weight excluding hydrogens is 356 g/mol. The molecule has 1 aromatic rings. The van der Waals surface area contributed by atoms with Crippen LogP contribution in [-0.4, -0.2) is 76.1 Å². The van der Waals surface area contributed by atoms with Crippen molar-refractivity contribution in [1.82, 2.24) is 15.5 Å². The van der Waals surface area contributed by atoms with Gasteiger partial charge in [0.2, 0.25) is 0 Å². The van der Waals surface area contributed by atoms with Crippen molar-refractivity contribution in [3.63, 3.8) is 0 Å². The minimum Gasteiger partial charge on any atom is -0.492 e. The third-order valence-corrected chi connectivity index (χ3v) is 5.34. The molecule has 1 unspecified atom stereocenters. The smallest absolute Gasteiger partial charge is 0.191 e. The Balaban J connectivity index is 1.45. The van der Waals surface area contributed by atoms with Crippen LogP contribution in [0, 0.1) is 0 Å². The molecule has 2 fully saturated rings. The summed E-state index contributed by atoms with van der Waals surface area (Å²) >= 11 is 0. The van der Waals surface area contributed by atoms with Crippen molar-refractivity contribution in [2.24, 2.45) is 4.99 Å². The fourth-order valence-corrected chi connectivity index (χ4v) is 3.55. The van der Waals surface area contributed by atoms with Crippen molar-refractivity contribution in [2.75, 3.05) is 59.7 Å². The van der Waals surface area contributed by atoms with E-state index in [4.69, 9.17) is 14.2 Å². The molecule has 7 nitrogen and oxygen atoms in total. The molecular formula is C21H34N4O3. The highest BCUT2D eigenvalue weighted by Crippen LogP contribution is 2.23. The third-order valence-electron chi connectivity index (χ3n) is 5.34. The number of ether oxygens (including phenoxy) is 3. The van der Waals surface area contributed by atoms with Gasteiger partial charge in [-0.25, -0.2) is 0 Å². The number of morpholine rings is 1. The fourth-order valence-electron chi connectivity index (χ4n) is 3.55. The number of nitrogens with zero attached hydrogens (tertiary/aromatic N) is 2. The molecule has 2 saturated heterocycles. The molecule has 0 aromatic heterocycles. The Morgan fingerprint density at radius 2 is 2.04 bits per heavy atom. The van der Waals surface area contributed by atoms with Crippen molar-refractivity contribution in [3.05, 3.63) is 29.8 Å². The second kappa shape index (κ2) is 10.6. The lowest BCUT2D eigenvalue weighted by Crippen LogP contribution is -2.45. The number of guanidine groups is 1. The highest BCUT2D eigenvalue weighted by atomic mass is 16.5. The summed E-state index contributed by atoms with van der Waals surface area (Å²) in [4.78, 5) is 6.70. The highest BCUT2D eigenvalue weighted by Gasteiger charge is 2.29. The molecule has 1 atom stereocenters. The zero-order chi connectivity index (χ0) is 19.7. The molecule has 2 heterocycles. The second-order valence-electron chi connectivity index (χ2n) is 7.59. The molecule has 0 aliphatic carbocycles. The molecule has 2 aliphatic heterocycles. The normalized spacial score (nSPS) is 23.6. The summed E-state index contributed by atoms with van der Waals surface area (Å²) in [5.41, 5.74) is 1.02. The number of nitrogens with one attached hydrogen (secondary N) is 2. The highest BCUT2D eigenvalue weighted by molar-refractivity contribution is 5.79. The Labute approximate surface area is 168 Å². The van der Waals surface area contributed by atoms with E-state index in [9.17, 15) is 0 Å². The number of benzene rings is 1. The first-order chi connectivity index (χ1) is 13.7. The molecule has 1 aromatic carbocycles. The summed E-state index contributed by atoms with van der Waals surface area (Å²) in [6, 6.07) is 8.17. The zero-order valence-electron chi connectivity index (χ0n) is 17.2. The van der Waals surface area contributed by atoms with Gasteiger partial charge in [-0.3, -0.25) is 9.89 Å². The quantitative estimate of drug-likeness (QED) is 0.520. The molecule has 0 amide bonds. The van der Waals surface area contributed by atoms with Crippen LogP contribution in [0.1, 0.15) is 25.3 Å². The Bertz CT molecular complexity index is 626. The van der Waals surface area contributed by atoms with Gasteiger partial charge < -0.3 is 24.8 Å². The van der Waals surface area contributed by atoms with Crippen molar-refractivity contribution in [2.45, 2.75) is 31.9 Å². The summed E-state index contributed by atoms with van der Waals surface area (Å²) in [6.45, 7) is 9.61. The van der Waals surface area contributed by atoms with Crippen molar-refractivity contribution < 1.29 is 14.2 Å². The maximum atomic E-state index is 6.06. The van der Waals surface area contributed by atoms with Gasteiger partial charge in [-0.05, 0) is 25.8 Å². The van der Waals surface area contributed by atoms with Crippen LogP contribution in [-0.2, 0) is 16.0 Å². The average Bonchev–Trinajstić information content (AvgIpc) is 3.16. The Hall–Kier alpha value is -1.83.